The Bertz CT molecular complexity index is 2360. The van der Waals surface area contributed by atoms with E-state index in [9.17, 15) is 18.0 Å². The van der Waals surface area contributed by atoms with Gasteiger partial charge in [0.1, 0.15) is 33.5 Å². The summed E-state index contributed by atoms with van der Waals surface area (Å²) >= 11 is 1.91. The van der Waals surface area contributed by atoms with Gasteiger partial charge in [0, 0.05) is 29.7 Å². The van der Waals surface area contributed by atoms with E-state index in [1.165, 1.54) is 26.4 Å². The molecule has 17 nitrogen and oxygen atoms in total. The average Bonchev–Trinajstić information content (AvgIpc) is 3.76. The van der Waals surface area contributed by atoms with Crippen molar-refractivity contribution in [1.29, 1.82) is 0 Å². The van der Waals surface area contributed by atoms with Gasteiger partial charge in [-0.3, -0.25) is 0 Å². The number of amides is 2. The smallest absolute Gasteiger partial charge is 0.407 e. The first-order valence-electron chi connectivity index (χ1n) is 18.4. The van der Waals surface area contributed by atoms with Crippen molar-refractivity contribution in [2.75, 3.05) is 34.0 Å². The Morgan fingerprint density at radius 3 is 1.93 bits per heavy atom. The largest absolute Gasteiger partial charge is 0.497 e. The molecule has 0 saturated carbocycles. The number of alkyl carbamates (subject to hydrolysis) is 2. The summed E-state index contributed by atoms with van der Waals surface area (Å²) in [4.78, 5) is 28.7. The Hall–Kier alpha value is -5.16. The van der Waals surface area contributed by atoms with Crippen molar-refractivity contribution in [3.8, 4) is 11.5 Å². The number of ether oxygens (including phenoxy) is 4. The lowest BCUT2D eigenvalue weighted by Gasteiger charge is -2.26. The number of nitrogens with zero attached hydrogens (tertiary/aromatic N) is 4. The van der Waals surface area contributed by atoms with Crippen LogP contribution in [0.5, 0.6) is 11.5 Å². The number of azo groups is 1. The highest BCUT2D eigenvalue weighted by Crippen LogP contribution is 2.35. The van der Waals surface area contributed by atoms with Gasteiger partial charge in [0.15, 0.2) is 12.5 Å². The van der Waals surface area contributed by atoms with E-state index in [-0.39, 0.29) is 44.3 Å². The van der Waals surface area contributed by atoms with Crippen LogP contribution in [0.1, 0.15) is 43.0 Å². The van der Waals surface area contributed by atoms with Crippen LogP contribution in [-0.2, 0) is 49.2 Å². The van der Waals surface area contributed by atoms with Gasteiger partial charge in [-0.25, -0.2) is 36.1 Å². The molecule has 5 rings (SSSR count). The molecule has 2 amide bonds. The third-order valence-corrected chi connectivity index (χ3v) is 13.0. The molecule has 3 N–H and O–H groups in total. The molecular weight excluding hydrogens is 930 g/mol. The Morgan fingerprint density at radius 2 is 1.40 bits per heavy atom. The standard InChI is InChI=1S/C40H46IN7O10S2/c1-40(2,3)58-38(49)42-21-30(46-39(50)57-25-29-9-7-6-8-10-29)22-45-59(51,52)34-20-19-33(41)35(37-43-26-44-47-37)36(34)60(53,54)48(23-27-11-15-31(55-4)16-12-27)24-28-13-17-32(56-5)18-14-28/h6-20,30,45H,21-26H2,1-5H3,(H,42,49)(H,46,50)/t30-/m0/s1. The highest BCUT2D eigenvalue weighted by Gasteiger charge is 2.38. The van der Waals surface area contributed by atoms with E-state index in [4.69, 9.17) is 18.9 Å². The molecule has 20 heteroatoms. The fraction of sp³-hybridized carbons (Fsp3) is 0.325. The van der Waals surface area contributed by atoms with Gasteiger partial charge in [-0.05, 0) is 96.5 Å². The van der Waals surface area contributed by atoms with E-state index in [0.29, 0.717) is 31.8 Å². The van der Waals surface area contributed by atoms with Crippen molar-refractivity contribution in [3.63, 3.8) is 0 Å². The van der Waals surface area contributed by atoms with E-state index < -0.39 is 60.2 Å². The number of hydrogen-bond acceptors (Lipinski definition) is 13. The third kappa shape index (κ3) is 12.7. The van der Waals surface area contributed by atoms with Crippen LogP contribution in [0, 0.1) is 3.57 Å². The average molecular weight is 976 g/mol. The molecule has 0 aliphatic carbocycles. The normalized spacial score (nSPS) is 13.3. The topological polar surface area (TPSA) is 216 Å². The summed E-state index contributed by atoms with van der Waals surface area (Å²) < 4.78 is 84.8. The molecule has 320 valence electrons. The molecule has 4 aromatic carbocycles. The van der Waals surface area contributed by atoms with Crippen molar-refractivity contribution in [2.45, 2.75) is 61.9 Å². The highest BCUT2D eigenvalue weighted by molar-refractivity contribution is 14.1. The molecule has 0 saturated heterocycles. The van der Waals surface area contributed by atoms with Crippen LogP contribution in [0.25, 0.3) is 0 Å². The maximum atomic E-state index is 15.3. The van der Waals surface area contributed by atoms with E-state index in [0.717, 1.165) is 4.31 Å². The van der Waals surface area contributed by atoms with E-state index in [1.807, 2.05) is 28.7 Å². The van der Waals surface area contributed by atoms with Gasteiger partial charge >= 0.3 is 12.2 Å². The molecule has 0 aromatic heterocycles. The summed E-state index contributed by atoms with van der Waals surface area (Å²) in [5.74, 6) is 1.06. The molecule has 1 aliphatic heterocycles. The second kappa shape index (κ2) is 20.4. The minimum Gasteiger partial charge on any atom is -0.497 e. The molecule has 0 radical (unpaired) electrons. The van der Waals surface area contributed by atoms with Crippen molar-refractivity contribution in [2.24, 2.45) is 15.2 Å². The fourth-order valence-corrected chi connectivity index (χ4v) is 10.1. The second-order valence-corrected chi connectivity index (χ2v) is 19.0. The first-order valence-corrected chi connectivity index (χ1v) is 22.4. The third-order valence-electron chi connectivity index (χ3n) is 8.61. The minimum atomic E-state index is -4.76. The summed E-state index contributed by atoms with van der Waals surface area (Å²) in [6.07, 6.45) is -1.71. The van der Waals surface area contributed by atoms with E-state index in [2.05, 4.69) is 30.6 Å². The first-order chi connectivity index (χ1) is 28.5. The van der Waals surface area contributed by atoms with Gasteiger partial charge < -0.3 is 29.6 Å². The van der Waals surface area contributed by atoms with Crippen LogP contribution in [0.3, 0.4) is 0 Å². The zero-order valence-corrected chi connectivity index (χ0v) is 37.3. The summed E-state index contributed by atoms with van der Waals surface area (Å²) in [6.45, 7) is 3.71. The van der Waals surface area contributed by atoms with Crippen molar-refractivity contribution in [1.82, 2.24) is 19.7 Å². The van der Waals surface area contributed by atoms with Gasteiger partial charge in [0.2, 0.25) is 20.0 Å². The lowest BCUT2D eigenvalue weighted by Crippen LogP contribution is -2.50. The Labute approximate surface area is 363 Å². The van der Waals surface area contributed by atoms with Crippen molar-refractivity contribution in [3.05, 3.63) is 117 Å². The van der Waals surface area contributed by atoms with Crippen LogP contribution >= 0.6 is 22.6 Å². The quantitative estimate of drug-likeness (QED) is 0.0994. The maximum absolute atomic E-state index is 15.3. The zero-order valence-electron chi connectivity index (χ0n) is 33.5. The number of amidine groups is 1. The number of hydrogen-bond donors (Lipinski definition) is 3. The molecule has 0 bridgehead atoms. The van der Waals surface area contributed by atoms with Gasteiger partial charge in [-0.2, -0.15) is 9.42 Å². The summed E-state index contributed by atoms with van der Waals surface area (Å²) in [7, 11) is -6.48. The number of nitrogens with one attached hydrogen (secondary N) is 3. The Morgan fingerprint density at radius 1 is 0.800 bits per heavy atom. The fourth-order valence-electron chi connectivity index (χ4n) is 5.71. The maximum Gasteiger partial charge on any atom is 0.407 e. The number of carbonyl (C=O) groups excluding carboxylic acids is 2. The second-order valence-electron chi connectivity index (χ2n) is 14.2. The Kier molecular flexibility index (Phi) is 15.6. The first kappa shape index (κ1) is 45.9. The number of halogens is 1. The Balaban J connectivity index is 1.53. The summed E-state index contributed by atoms with van der Waals surface area (Å²) in [6, 6.07) is 24.0. The van der Waals surface area contributed by atoms with Crippen LogP contribution < -0.4 is 24.8 Å². The van der Waals surface area contributed by atoms with Crippen LogP contribution in [-0.4, -0.2) is 84.8 Å². The number of benzene rings is 4. The number of aliphatic imine (C=N–C) groups is 1. The molecule has 0 fully saturated rings. The molecular formula is C40H46IN7O10S2. The molecule has 0 spiro atoms. The number of methoxy groups -OCH3 is 2. The highest BCUT2D eigenvalue weighted by atomic mass is 127. The summed E-state index contributed by atoms with van der Waals surface area (Å²) in [5.41, 5.74) is 0.988. The molecule has 1 aliphatic rings. The number of sulfonamides is 2. The SMILES string of the molecule is COc1ccc(CN(Cc2ccc(OC)cc2)S(=O)(=O)c2c(S(=O)(=O)NC[C@H](CNC(=O)OC(C)(C)C)NC(=O)OCc3ccccc3)ccc(I)c2C2=NCN=N2)cc1. The van der Waals surface area contributed by atoms with Crippen LogP contribution in [0.4, 0.5) is 9.59 Å². The number of rotatable bonds is 18. The molecule has 1 atom stereocenters. The van der Waals surface area contributed by atoms with Gasteiger partial charge in [0.25, 0.3) is 0 Å². The van der Waals surface area contributed by atoms with Crippen LogP contribution in [0.15, 0.2) is 116 Å². The summed E-state index contributed by atoms with van der Waals surface area (Å²) in [5, 5.41) is 13.1. The van der Waals surface area contributed by atoms with Gasteiger partial charge in [0.05, 0.1) is 25.8 Å². The van der Waals surface area contributed by atoms with Crippen molar-refractivity contribution >= 4 is 60.7 Å². The van der Waals surface area contributed by atoms with E-state index >= 15 is 8.42 Å². The van der Waals surface area contributed by atoms with Gasteiger partial charge in [-0.15, -0.1) is 5.11 Å². The molecule has 60 heavy (non-hydrogen) atoms. The van der Waals surface area contributed by atoms with Gasteiger partial charge in [-0.1, -0.05) is 54.6 Å². The lowest BCUT2D eigenvalue weighted by molar-refractivity contribution is 0.0520. The predicted octanol–water partition coefficient (Wildman–Crippen LogP) is 5.97. The minimum absolute atomic E-state index is 0.0556. The molecule has 1 heterocycles. The lowest BCUT2D eigenvalue weighted by atomic mass is 10.2. The molecule has 4 aromatic rings. The monoisotopic (exact) mass is 975 g/mol. The number of carbonyl (C=O) groups is 2. The van der Waals surface area contributed by atoms with E-state index in [1.54, 1.807) is 93.6 Å². The predicted molar refractivity (Wildman–Crippen MR) is 231 cm³/mol. The zero-order chi connectivity index (χ0) is 43.5. The molecule has 0 unspecified atom stereocenters. The van der Waals surface area contributed by atoms with Crippen molar-refractivity contribution < 1.29 is 45.4 Å². The van der Waals surface area contributed by atoms with Crippen LogP contribution in [0.2, 0.25) is 0 Å².